The number of benzene rings is 1. The van der Waals surface area contributed by atoms with Crippen LogP contribution in [0.25, 0.3) is 0 Å². The van der Waals surface area contributed by atoms with Gasteiger partial charge in [0.25, 0.3) is 0 Å². The summed E-state index contributed by atoms with van der Waals surface area (Å²) in [7, 11) is 0. The van der Waals surface area contributed by atoms with Gasteiger partial charge < -0.3 is 4.74 Å². The van der Waals surface area contributed by atoms with Crippen LogP contribution in [0.1, 0.15) is 26.4 Å². The van der Waals surface area contributed by atoms with Gasteiger partial charge in [-0.3, -0.25) is 4.79 Å². The second kappa shape index (κ2) is 5.67. The summed E-state index contributed by atoms with van der Waals surface area (Å²) in [5.41, 5.74) is 2.68. The van der Waals surface area contributed by atoms with Crippen molar-refractivity contribution in [3.8, 4) is 5.75 Å². The SMILES string of the molecule is Cc1cc(C=O)cc(C)c1OCc1cc(Br)cs1. The standard InChI is InChI=1S/C14H13BrO2S/c1-9-3-11(6-16)4-10(2)14(9)17-7-13-5-12(15)8-18-13/h3-6,8H,7H2,1-2H3. The van der Waals surface area contributed by atoms with Crippen LogP contribution >= 0.6 is 27.3 Å². The maximum atomic E-state index is 10.8. The first-order valence-corrected chi connectivity index (χ1v) is 7.19. The van der Waals surface area contributed by atoms with E-state index in [1.165, 1.54) is 4.88 Å². The van der Waals surface area contributed by atoms with Crippen molar-refractivity contribution in [2.45, 2.75) is 20.5 Å². The summed E-state index contributed by atoms with van der Waals surface area (Å²) >= 11 is 5.08. The van der Waals surface area contributed by atoms with E-state index in [1.54, 1.807) is 11.3 Å². The van der Waals surface area contributed by atoms with E-state index in [1.807, 2.05) is 31.4 Å². The van der Waals surface area contributed by atoms with Crippen LogP contribution in [0, 0.1) is 13.8 Å². The summed E-state index contributed by atoms with van der Waals surface area (Å²) in [6.07, 6.45) is 0.861. The number of carbonyl (C=O) groups excluding carboxylic acids is 1. The molecule has 2 aromatic rings. The molecule has 0 spiro atoms. The van der Waals surface area contributed by atoms with Gasteiger partial charge in [-0.15, -0.1) is 11.3 Å². The first kappa shape index (κ1) is 13.3. The minimum absolute atomic E-state index is 0.554. The van der Waals surface area contributed by atoms with Gasteiger partial charge in [-0.1, -0.05) is 0 Å². The number of aryl methyl sites for hydroxylation is 2. The molecule has 0 unspecified atom stereocenters. The van der Waals surface area contributed by atoms with E-state index in [4.69, 9.17) is 4.74 Å². The first-order valence-electron chi connectivity index (χ1n) is 5.52. The van der Waals surface area contributed by atoms with E-state index in [-0.39, 0.29) is 0 Å². The Hall–Kier alpha value is -1.13. The third-order valence-electron chi connectivity index (χ3n) is 2.60. The number of ether oxygens (including phenoxy) is 1. The second-order valence-corrected chi connectivity index (χ2v) is 6.03. The van der Waals surface area contributed by atoms with Gasteiger partial charge in [0.2, 0.25) is 0 Å². The van der Waals surface area contributed by atoms with Crippen LogP contribution in [-0.2, 0) is 6.61 Å². The predicted molar refractivity (Wildman–Crippen MR) is 77.7 cm³/mol. The van der Waals surface area contributed by atoms with Crippen LogP contribution < -0.4 is 4.74 Å². The minimum atomic E-state index is 0.554. The molecule has 1 heterocycles. The van der Waals surface area contributed by atoms with Gasteiger partial charge in [0, 0.05) is 20.3 Å². The molecule has 4 heteroatoms. The fourth-order valence-corrected chi connectivity index (χ4v) is 3.21. The molecule has 0 aliphatic carbocycles. The van der Waals surface area contributed by atoms with Crippen LogP contribution in [0.4, 0.5) is 0 Å². The zero-order valence-corrected chi connectivity index (χ0v) is 12.6. The molecule has 0 atom stereocenters. The molecule has 0 bridgehead atoms. The smallest absolute Gasteiger partial charge is 0.150 e. The van der Waals surface area contributed by atoms with Crippen molar-refractivity contribution >= 4 is 33.6 Å². The Balaban J connectivity index is 2.16. The van der Waals surface area contributed by atoms with Crippen LogP contribution in [0.15, 0.2) is 28.1 Å². The van der Waals surface area contributed by atoms with E-state index >= 15 is 0 Å². The van der Waals surface area contributed by atoms with Gasteiger partial charge in [0.05, 0.1) is 0 Å². The van der Waals surface area contributed by atoms with E-state index in [0.29, 0.717) is 12.2 Å². The Morgan fingerprint density at radius 2 is 1.94 bits per heavy atom. The highest BCUT2D eigenvalue weighted by atomic mass is 79.9. The molecule has 0 N–H and O–H groups in total. The fraction of sp³-hybridized carbons (Fsp3) is 0.214. The lowest BCUT2D eigenvalue weighted by atomic mass is 10.1. The molecule has 0 radical (unpaired) electrons. The highest BCUT2D eigenvalue weighted by Gasteiger charge is 2.07. The van der Waals surface area contributed by atoms with Crippen molar-refractivity contribution in [2.24, 2.45) is 0 Å². The molecule has 0 fully saturated rings. The lowest BCUT2D eigenvalue weighted by molar-refractivity contribution is 0.112. The molecular formula is C14H13BrO2S. The molecule has 94 valence electrons. The van der Waals surface area contributed by atoms with Gasteiger partial charge in [0.15, 0.2) is 0 Å². The van der Waals surface area contributed by atoms with Gasteiger partial charge in [-0.25, -0.2) is 0 Å². The molecule has 1 aromatic carbocycles. The quantitative estimate of drug-likeness (QED) is 0.773. The zero-order chi connectivity index (χ0) is 13.1. The largest absolute Gasteiger partial charge is 0.488 e. The number of aldehydes is 1. The van der Waals surface area contributed by atoms with Crippen molar-refractivity contribution in [1.29, 1.82) is 0 Å². The first-order chi connectivity index (χ1) is 8.60. The molecule has 0 saturated carbocycles. The van der Waals surface area contributed by atoms with Crippen LogP contribution in [0.5, 0.6) is 5.75 Å². The number of halogens is 1. The second-order valence-electron chi connectivity index (χ2n) is 4.12. The summed E-state index contributed by atoms with van der Waals surface area (Å²) in [6, 6.07) is 5.74. The molecule has 2 rings (SSSR count). The molecule has 1 aromatic heterocycles. The van der Waals surface area contributed by atoms with Crippen molar-refractivity contribution in [3.05, 3.63) is 49.6 Å². The van der Waals surface area contributed by atoms with Gasteiger partial charge >= 0.3 is 0 Å². The monoisotopic (exact) mass is 324 g/mol. The Morgan fingerprint density at radius 3 is 2.44 bits per heavy atom. The molecule has 0 aliphatic heterocycles. The van der Waals surface area contributed by atoms with E-state index in [0.717, 1.165) is 27.6 Å². The Kier molecular flexibility index (Phi) is 4.19. The summed E-state index contributed by atoms with van der Waals surface area (Å²) in [6.45, 7) is 4.47. The number of thiophene rings is 1. The summed E-state index contributed by atoms with van der Waals surface area (Å²) in [5, 5.41) is 2.04. The summed E-state index contributed by atoms with van der Waals surface area (Å²) < 4.78 is 6.92. The van der Waals surface area contributed by atoms with Gasteiger partial charge in [0.1, 0.15) is 18.6 Å². The minimum Gasteiger partial charge on any atom is -0.488 e. The van der Waals surface area contributed by atoms with Crippen LogP contribution in [0.2, 0.25) is 0 Å². The van der Waals surface area contributed by atoms with Gasteiger partial charge in [-0.2, -0.15) is 0 Å². The molecule has 0 aliphatic rings. The Bertz CT molecular complexity index is 552. The van der Waals surface area contributed by atoms with E-state index < -0.39 is 0 Å². The molecule has 0 saturated heterocycles. The van der Waals surface area contributed by atoms with Crippen LogP contribution in [-0.4, -0.2) is 6.29 Å². The summed E-state index contributed by atoms with van der Waals surface area (Å²) in [5.74, 6) is 0.866. The van der Waals surface area contributed by atoms with Crippen LogP contribution in [0.3, 0.4) is 0 Å². The highest BCUT2D eigenvalue weighted by Crippen LogP contribution is 2.27. The number of hydrogen-bond donors (Lipinski definition) is 0. The van der Waals surface area contributed by atoms with Crippen molar-refractivity contribution in [3.63, 3.8) is 0 Å². The molecule has 2 nitrogen and oxygen atoms in total. The Morgan fingerprint density at radius 1 is 1.28 bits per heavy atom. The highest BCUT2D eigenvalue weighted by molar-refractivity contribution is 9.10. The third kappa shape index (κ3) is 3.00. The number of hydrogen-bond acceptors (Lipinski definition) is 3. The molecule has 0 amide bonds. The molecular weight excluding hydrogens is 312 g/mol. The van der Waals surface area contributed by atoms with Crippen molar-refractivity contribution in [2.75, 3.05) is 0 Å². The lowest BCUT2D eigenvalue weighted by Crippen LogP contribution is -1.98. The maximum Gasteiger partial charge on any atom is 0.150 e. The number of carbonyl (C=O) groups is 1. The fourth-order valence-electron chi connectivity index (χ4n) is 1.85. The van der Waals surface area contributed by atoms with Gasteiger partial charge in [-0.05, 0) is 59.1 Å². The van der Waals surface area contributed by atoms with E-state index in [2.05, 4.69) is 22.0 Å². The summed E-state index contributed by atoms with van der Waals surface area (Å²) in [4.78, 5) is 11.9. The lowest BCUT2D eigenvalue weighted by Gasteiger charge is -2.12. The average Bonchev–Trinajstić information content (AvgIpc) is 2.73. The van der Waals surface area contributed by atoms with Crippen molar-refractivity contribution < 1.29 is 9.53 Å². The number of rotatable bonds is 4. The topological polar surface area (TPSA) is 26.3 Å². The van der Waals surface area contributed by atoms with Crippen molar-refractivity contribution in [1.82, 2.24) is 0 Å². The average molecular weight is 325 g/mol. The molecule has 18 heavy (non-hydrogen) atoms. The Labute approximate surface area is 119 Å². The predicted octanol–water partition coefficient (Wildman–Crippen LogP) is 4.52. The maximum absolute atomic E-state index is 10.8. The third-order valence-corrected chi connectivity index (χ3v) is 4.27. The van der Waals surface area contributed by atoms with E-state index in [9.17, 15) is 4.79 Å². The normalized spacial score (nSPS) is 10.4. The zero-order valence-electron chi connectivity index (χ0n) is 10.2.